The molecular formula is C28H45N3O5. The molecule has 36 heavy (non-hydrogen) atoms. The minimum Gasteiger partial charge on any atom is -0.507 e. The molecule has 0 fully saturated rings. The monoisotopic (exact) mass is 503 g/mol. The number of aromatic hydroxyl groups is 1. The lowest BCUT2D eigenvalue weighted by atomic mass is 9.94. The summed E-state index contributed by atoms with van der Waals surface area (Å²) < 4.78 is 5.40. The molecule has 1 aromatic rings. The van der Waals surface area contributed by atoms with Crippen molar-refractivity contribution in [2.24, 2.45) is 5.92 Å². The van der Waals surface area contributed by atoms with Crippen molar-refractivity contribution in [3.8, 4) is 5.75 Å². The van der Waals surface area contributed by atoms with Crippen LogP contribution in [0.15, 0.2) is 30.9 Å². The summed E-state index contributed by atoms with van der Waals surface area (Å²) in [5.41, 5.74) is 0.161. The number of nitrogens with one attached hydrogen (secondary N) is 2. The van der Waals surface area contributed by atoms with Gasteiger partial charge >= 0.3 is 6.09 Å². The van der Waals surface area contributed by atoms with Crippen LogP contribution in [-0.4, -0.2) is 52.1 Å². The van der Waals surface area contributed by atoms with Gasteiger partial charge in [-0.1, -0.05) is 57.9 Å². The molecule has 202 valence electrons. The van der Waals surface area contributed by atoms with Crippen molar-refractivity contribution in [2.75, 3.05) is 6.54 Å². The third-order valence-electron chi connectivity index (χ3n) is 5.99. The molecule has 0 bridgehead atoms. The summed E-state index contributed by atoms with van der Waals surface area (Å²) in [5, 5.41) is 16.6. The summed E-state index contributed by atoms with van der Waals surface area (Å²) in [4.78, 5) is 41.6. The number of nitrogens with zero attached hydrogens (tertiary/aromatic N) is 1. The van der Waals surface area contributed by atoms with Gasteiger partial charge in [0.05, 0.1) is 0 Å². The van der Waals surface area contributed by atoms with Crippen molar-refractivity contribution in [1.82, 2.24) is 15.5 Å². The van der Waals surface area contributed by atoms with Gasteiger partial charge < -0.3 is 25.4 Å². The number of hydrogen-bond donors (Lipinski definition) is 3. The van der Waals surface area contributed by atoms with Gasteiger partial charge in [-0.05, 0) is 52.5 Å². The van der Waals surface area contributed by atoms with Gasteiger partial charge in [0.1, 0.15) is 23.4 Å². The van der Waals surface area contributed by atoms with Crippen LogP contribution in [0.4, 0.5) is 4.79 Å². The van der Waals surface area contributed by atoms with E-state index in [4.69, 9.17) is 4.74 Å². The number of aryl methyl sites for hydroxylation is 1. The Hall–Kier alpha value is -3.03. The van der Waals surface area contributed by atoms with E-state index >= 15 is 0 Å². The van der Waals surface area contributed by atoms with E-state index in [9.17, 15) is 19.5 Å². The first-order valence-corrected chi connectivity index (χ1v) is 12.8. The molecule has 4 atom stereocenters. The molecule has 8 heteroatoms. The fourth-order valence-corrected chi connectivity index (χ4v) is 3.94. The Morgan fingerprint density at radius 2 is 1.81 bits per heavy atom. The van der Waals surface area contributed by atoms with E-state index in [1.165, 1.54) is 11.0 Å². The number of carbonyl (C=O) groups excluding carboxylic acids is 3. The van der Waals surface area contributed by atoms with Crippen molar-refractivity contribution >= 4 is 17.9 Å². The SMILES string of the molecule is C=CCN(C(=O)C(NC(=O)OC(C)(C)C)C(C)CC)C(C(=O)NC(C)CCC)c1cccc(C)c1O. The van der Waals surface area contributed by atoms with E-state index in [-0.39, 0.29) is 24.3 Å². The molecule has 0 saturated heterocycles. The quantitative estimate of drug-likeness (QED) is 0.348. The highest BCUT2D eigenvalue weighted by molar-refractivity contribution is 5.93. The molecule has 0 saturated carbocycles. The number of phenols is 1. The highest BCUT2D eigenvalue weighted by Crippen LogP contribution is 2.33. The summed E-state index contributed by atoms with van der Waals surface area (Å²) in [6.45, 7) is 18.5. The molecular weight excluding hydrogens is 458 g/mol. The van der Waals surface area contributed by atoms with Crippen LogP contribution >= 0.6 is 0 Å². The maximum Gasteiger partial charge on any atom is 0.408 e. The Morgan fingerprint density at radius 3 is 2.33 bits per heavy atom. The topological polar surface area (TPSA) is 108 Å². The van der Waals surface area contributed by atoms with E-state index in [0.29, 0.717) is 17.5 Å². The Bertz CT molecular complexity index is 909. The predicted octanol–water partition coefficient (Wildman–Crippen LogP) is 5.00. The number of carbonyl (C=O) groups is 3. The van der Waals surface area contributed by atoms with E-state index in [2.05, 4.69) is 17.2 Å². The number of rotatable bonds is 12. The third kappa shape index (κ3) is 8.88. The van der Waals surface area contributed by atoms with E-state index < -0.39 is 35.6 Å². The van der Waals surface area contributed by atoms with E-state index in [1.807, 2.05) is 27.7 Å². The number of benzene rings is 1. The second kappa shape index (κ2) is 13.9. The minimum absolute atomic E-state index is 0.0371. The number of ether oxygens (including phenoxy) is 1. The zero-order chi connectivity index (χ0) is 27.6. The summed E-state index contributed by atoms with van der Waals surface area (Å²) >= 11 is 0. The molecule has 0 radical (unpaired) electrons. The first kappa shape index (κ1) is 31.0. The molecule has 3 N–H and O–H groups in total. The number of para-hydroxylation sites is 1. The molecule has 0 aliphatic rings. The molecule has 1 rings (SSSR count). The maximum absolute atomic E-state index is 14.0. The second-order valence-electron chi connectivity index (χ2n) is 10.4. The fourth-order valence-electron chi connectivity index (χ4n) is 3.94. The first-order valence-electron chi connectivity index (χ1n) is 12.8. The molecule has 0 aliphatic heterocycles. The summed E-state index contributed by atoms with van der Waals surface area (Å²) in [6, 6.07) is 2.92. The Balaban J connectivity index is 3.56. The lowest BCUT2D eigenvalue weighted by Crippen LogP contribution is -2.55. The molecule has 0 heterocycles. The number of phenolic OH excluding ortho intramolecular Hbond substituents is 1. The van der Waals surface area contributed by atoms with Gasteiger partial charge in [0, 0.05) is 18.2 Å². The second-order valence-corrected chi connectivity index (χ2v) is 10.4. The average Bonchev–Trinajstić information content (AvgIpc) is 2.77. The summed E-state index contributed by atoms with van der Waals surface area (Å²) in [5.74, 6) is -1.17. The zero-order valence-corrected chi connectivity index (χ0v) is 23.2. The van der Waals surface area contributed by atoms with Crippen LogP contribution < -0.4 is 10.6 Å². The van der Waals surface area contributed by atoms with E-state index in [0.717, 1.165) is 12.8 Å². The largest absolute Gasteiger partial charge is 0.507 e. The van der Waals surface area contributed by atoms with Gasteiger partial charge in [0.2, 0.25) is 11.8 Å². The number of alkyl carbamates (subject to hydrolysis) is 1. The van der Waals surface area contributed by atoms with Crippen molar-refractivity contribution in [3.63, 3.8) is 0 Å². The molecule has 8 nitrogen and oxygen atoms in total. The standard InChI is InChI=1S/C28H45N3O5/c1-10-14-20(6)29-25(33)23(21-16-13-15-19(5)24(21)32)31(17-11-2)26(34)22(18(4)12-3)30-27(35)36-28(7,8)9/h11,13,15-16,18,20,22-23,32H,2,10,12,14,17H2,1,3-9H3,(H,29,33)(H,30,35). The molecule has 0 aliphatic carbocycles. The van der Waals surface area contributed by atoms with Crippen molar-refractivity contribution < 1.29 is 24.2 Å². The van der Waals surface area contributed by atoms with Gasteiger partial charge in [-0.15, -0.1) is 6.58 Å². The normalized spacial score (nSPS) is 14.7. The smallest absolute Gasteiger partial charge is 0.408 e. The van der Waals surface area contributed by atoms with E-state index in [1.54, 1.807) is 45.9 Å². The van der Waals surface area contributed by atoms with Crippen LogP contribution in [0.5, 0.6) is 5.75 Å². The van der Waals surface area contributed by atoms with Crippen LogP contribution in [0.2, 0.25) is 0 Å². The number of hydrogen-bond acceptors (Lipinski definition) is 5. The Labute approximate surface area is 216 Å². The maximum atomic E-state index is 14.0. The van der Waals surface area contributed by atoms with Gasteiger partial charge in [-0.25, -0.2) is 4.79 Å². The van der Waals surface area contributed by atoms with Gasteiger partial charge in [0.15, 0.2) is 0 Å². The van der Waals surface area contributed by atoms with Crippen molar-refractivity contribution in [2.45, 2.75) is 98.4 Å². The highest BCUT2D eigenvalue weighted by Gasteiger charge is 2.39. The molecule has 0 aromatic heterocycles. The van der Waals surface area contributed by atoms with Crippen molar-refractivity contribution in [1.29, 1.82) is 0 Å². The molecule has 1 aromatic carbocycles. The van der Waals surface area contributed by atoms with Crippen LogP contribution in [0, 0.1) is 12.8 Å². The van der Waals surface area contributed by atoms with Gasteiger partial charge in [0.25, 0.3) is 0 Å². The Kier molecular flexibility index (Phi) is 12.0. The van der Waals surface area contributed by atoms with Crippen LogP contribution in [0.1, 0.15) is 84.9 Å². The Morgan fingerprint density at radius 1 is 1.17 bits per heavy atom. The van der Waals surface area contributed by atoms with Crippen LogP contribution in [0.25, 0.3) is 0 Å². The lowest BCUT2D eigenvalue weighted by molar-refractivity contribution is -0.143. The van der Waals surface area contributed by atoms with Crippen LogP contribution in [0.3, 0.4) is 0 Å². The lowest BCUT2D eigenvalue weighted by Gasteiger charge is -2.36. The molecule has 4 unspecified atom stereocenters. The third-order valence-corrected chi connectivity index (χ3v) is 5.99. The average molecular weight is 504 g/mol. The highest BCUT2D eigenvalue weighted by atomic mass is 16.6. The van der Waals surface area contributed by atoms with Crippen molar-refractivity contribution in [3.05, 3.63) is 42.0 Å². The summed E-state index contributed by atoms with van der Waals surface area (Å²) in [6.07, 6.45) is 3.07. The fraction of sp³-hybridized carbons (Fsp3) is 0.607. The van der Waals surface area contributed by atoms with Gasteiger partial charge in [-0.2, -0.15) is 0 Å². The number of amides is 3. The zero-order valence-electron chi connectivity index (χ0n) is 23.2. The molecule has 0 spiro atoms. The predicted molar refractivity (Wildman–Crippen MR) is 143 cm³/mol. The van der Waals surface area contributed by atoms with Gasteiger partial charge in [-0.3, -0.25) is 9.59 Å². The minimum atomic E-state index is -1.12. The summed E-state index contributed by atoms with van der Waals surface area (Å²) in [7, 11) is 0. The van der Waals surface area contributed by atoms with Crippen LogP contribution in [-0.2, 0) is 14.3 Å². The molecule has 3 amide bonds. The first-order chi connectivity index (χ1) is 16.8.